The molecule has 0 aromatic carbocycles. The maximum Gasteiger partial charge on any atom is 0.147 e. The molecule has 35 heavy (non-hydrogen) atoms. The number of halogens is 3. The molecule has 1 aliphatic rings. The number of aromatic nitrogens is 6. The Balaban J connectivity index is 1.47. The number of methoxy groups -OCH3 is 1. The monoisotopic (exact) mass is 503 g/mol. The number of nitrogens with one attached hydrogen (secondary N) is 1. The van der Waals surface area contributed by atoms with Gasteiger partial charge in [0.05, 0.1) is 34.8 Å². The van der Waals surface area contributed by atoms with Crippen LogP contribution in [-0.2, 0) is 4.74 Å². The number of pyridine rings is 2. The highest BCUT2D eigenvalue weighted by atomic mass is 35.5. The highest BCUT2D eigenvalue weighted by Crippen LogP contribution is 2.34. The van der Waals surface area contributed by atoms with Gasteiger partial charge in [-0.15, -0.1) is 5.10 Å². The SMILES string of the molecule is COC(COc1cc(-c2nnn([C@@H]3CCNC[C@@H]3F)c2C)cn2ncc(Cl)c12)c1ccc(F)cn1. The van der Waals surface area contributed by atoms with Gasteiger partial charge in [-0.1, -0.05) is 16.8 Å². The van der Waals surface area contributed by atoms with Gasteiger partial charge in [0, 0.05) is 25.4 Å². The first-order valence-corrected chi connectivity index (χ1v) is 11.5. The number of piperidine rings is 1. The minimum atomic E-state index is -1.05. The Morgan fingerprint density at radius 3 is 2.91 bits per heavy atom. The van der Waals surface area contributed by atoms with Gasteiger partial charge in [-0.3, -0.25) is 4.98 Å². The van der Waals surface area contributed by atoms with Crippen LogP contribution in [0.1, 0.15) is 30.0 Å². The second-order valence-corrected chi connectivity index (χ2v) is 8.77. The standard InChI is InChI=1S/C23H24ClF2N7O2/c1-13-22(30-31-33(13)19-5-6-27-10-17(19)26)14-7-20(23-16(24)9-29-32(23)11-14)35-12-21(34-2)18-4-3-15(25)8-28-18/h3-4,7-9,11,17,19,21,27H,5-6,10,12H2,1-2H3/t17-,19+,21?/m0/s1. The molecule has 184 valence electrons. The summed E-state index contributed by atoms with van der Waals surface area (Å²) in [5.41, 5.74) is 3.13. The fraction of sp³-hybridized carbons (Fsp3) is 0.391. The topological polar surface area (TPSA) is 91.4 Å². The molecule has 0 amide bonds. The number of fused-ring (bicyclic) bond motifs is 1. The second kappa shape index (κ2) is 9.84. The average Bonchev–Trinajstić information content (AvgIpc) is 3.43. The van der Waals surface area contributed by atoms with E-state index in [0.717, 1.165) is 18.4 Å². The van der Waals surface area contributed by atoms with E-state index in [1.54, 1.807) is 27.5 Å². The van der Waals surface area contributed by atoms with Crippen LogP contribution in [0.2, 0.25) is 5.02 Å². The zero-order chi connectivity index (χ0) is 24.5. The Morgan fingerprint density at radius 2 is 2.17 bits per heavy atom. The first kappa shape index (κ1) is 23.6. The average molecular weight is 504 g/mol. The van der Waals surface area contributed by atoms with Gasteiger partial charge in [0.25, 0.3) is 0 Å². The largest absolute Gasteiger partial charge is 0.488 e. The van der Waals surface area contributed by atoms with Gasteiger partial charge in [0.15, 0.2) is 0 Å². The molecular formula is C23H24ClF2N7O2. The quantitative estimate of drug-likeness (QED) is 0.411. The van der Waals surface area contributed by atoms with Gasteiger partial charge >= 0.3 is 0 Å². The molecule has 5 heterocycles. The van der Waals surface area contributed by atoms with Crippen LogP contribution in [0, 0.1) is 12.7 Å². The van der Waals surface area contributed by atoms with Crippen molar-refractivity contribution in [2.45, 2.75) is 31.7 Å². The summed E-state index contributed by atoms with van der Waals surface area (Å²) in [6, 6.07) is 4.29. The van der Waals surface area contributed by atoms with Crippen molar-refractivity contribution in [2.75, 3.05) is 26.8 Å². The highest BCUT2D eigenvalue weighted by molar-refractivity contribution is 6.34. The van der Waals surface area contributed by atoms with Crippen LogP contribution in [0.15, 0.2) is 36.8 Å². The molecular weight excluding hydrogens is 480 g/mol. The molecule has 12 heteroatoms. The summed E-state index contributed by atoms with van der Waals surface area (Å²) in [7, 11) is 1.53. The van der Waals surface area contributed by atoms with Crippen LogP contribution in [-0.4, -0.2) is 62.6 Å². The van der Waals surface area contributed by atoms with E-state index >= 15 is 0 Å². The van der Waals surface area contributed by atoms with Crippen LogP contribution in [0.5, 0.6) is 5.75 Å². The Hall–Kier alpha value is -3.15. The van der Waals surface area contributed by atoms with E-state index in [2.05, 4.69) is 25.7 Å². The smallest absolute Gasteiger partial charge is 0.147 e. The third-order valence-electron chi connectivity index (χ3n) is 6.18. The zero-order valence-electron chi connectivity index (χ0n) is 19.2. The normalized spacial score (nSPS) is 19.2. The molecule has 5 rings (SSSR count). The lowest BCUT2D eigenvalue weighted by atomic mass is 10.0. The van der Waals surface area contributed by atoms with Gasteiger partial charge in [-0.05, 0) is 38.1 Å². The molecule has 1 saturated heterocycles. The molecule has 1 unspecified atom stereocenters. The minimum Gasteiger partial charge on any atom is -0.488 e. The van der Waals surface area contributed by atoms with Crippen molar-refractivity contribution in [2.24, 2.45) is 0 Å². The van der Waals surface area contributed by atoms with Crippen molar-refractivity contribution in [3.8, 4) is 17.0 Å². The van der Waals surface area contributed by atoms with Crippen molar-refractivity contribution < 1.29 is 18.3 Å². The minimum absolute atomic E-state index is 0.0973. The maximum absolute atomic E-state index is 14.5. The van der Waals surface area contributed by atoms with Gasteiger partial charge < -0.3 is 14.8 Å². The van der Waals surface area contributed by atoms with Crippen molar-refractivity contribution in [1.82, 2.24) is 34.9 Å². The number of rotatable bonds is 7. The fourth-order valence-electron chi connectivity index (χ4n) is 4.31. The third kappa shape index (κ3) is 4.58. The van der Waals surface area contributed by atoms with Crippen LogP contribution in [0.4, 0.5) is 8.78 Å². The Kier molecular flexibility index (Phi) is 6.63. The van der Waals surface area contributed by atoms with E-state index in [9.17, 15) is 8.78 Å². The van der Waals surface area contributed by atoms with Gasteiger partial charge in [0.1, 0.15) is 41.7 Å². The third-order valence-corrected chi connectivity index (χ3v) is 6.45. The molecule has 0 aliphatic carbocycles. The number of ether oxygens (including phenoxy) is 2. The molecule has 1 fully saturated rings. The van der Waals surface area contributed by atoms with Crippen molar-refractivity contribution in [3.05, 3.63) is 59.0 Å². The molecule has 0 radical (unpaired) electrons. The van der Waals surface area contributed by atoms with E-state index in [1.807, 2.05) is 6.92 Å². The van der Waals surface area contributed by atoms with Crippen LogP contribution >= 0.6 is 11.6 Å². The van der Waals surface area contributed by atoms with Crippen molar-refractivity contribution in [1.29, 1.82) is 0 Å². The lowest BCUT2D eigenvalue weighted by Crippen LogP contribution is -2.39. The summed E-state index contributed by atoms with van der Waals surface area (Å²) in [6.07, 6.45) is 3.47. The van der Waals surface area contributed by atoms with Crippen LogP contribution in [0.25, 0.3) is 16.8 Å². The molecule has 1 aliphatic heterocycles. The van der Waals surface area contributed by atoms with E-state index < -0.39 is 18.1 Å². The number of nitrogens with zero attached hydrogens (tertiary/aromatic N) is 6. The lowest BCUT2D eigenvalue weighted by molar-refractivity contribution is 0.0549. The highest BCUT2D eigenvalue weighted by Gasteiger charge is 2.29. The first-order chi connectivity index (χ1) is 17.0. The van der Waals surface area contributed by atoms with Crippen molar-refractivity contribution in [3.63, 3.8) is 0 Å². The summed E-state index contributed by atoms with van der Waals surface area (Å²) in [5, 5.41) is 16.4. The fourth-order valence-corrected chi connectivity index (χ4v) is 4.53. The predicted molar refractivity (Wildman–Crippen MR) is 125 cm³/mol. The van der Waals surface area contributed by atoms with Gasteiger partial charge in [-0.25, -0.2) is 18.0 Å². The Bertz CT molecular complexity index is 1330. The van der Waals surface area contributed by atoms with Crippen LogP contribution in [0.3, 0.4) is 0 Å². The summed E-state index contributed by atoms with van der Waals surface area (Å²) in [5.74, 6) is 0.0188. The van der Waals surface area contributed by atoms with Gasteiger partial charge in [0.2, 0.25) is 0 Å². The molecule has 4 aromatic heterocycles. The second-order valence-electron chi connectivity index (χ2n) is 8.36. The maximum atomic E-state index is 14.5. The van der Waals surface area contributed by atoms with E-state index in [-0.39, 0.29) is 12.6 Å². The molecule has 9 nitrogen and oxygen atoms in total. The summed E-state index contributed by atoms with van der Waals surface area (Å²) >= 11 is 6.38. The predicted octanol–water partition coefficient (Wildman–Crippen LogP) is 3.73. The van der Waals surface area contributed by atoms with E-state index in [0.29, 0.717) is 46.2 Å². The molecule has 4 aromatic rings. The molecule has 3 atom stereocenters. The summed E-state index contributed by atoms with van der Waals surface area (Å²) in [6.45, 7) is 2.98. The van der Waals surface area contributed by atoms with E-state index in [4.69, 9.17) is 21.1 Å². The Morgan fingerprint density at radius 1 is 1.31 bits per heavy atom. The molecule has 0 spiro atoms. The number of hydrogen-bond acceptors (Lipinski definition) is 7. The zero-order valence-corrected chi connectivity index (χ0v) is 19.9. The molecule has 1 N–H and O–H groups in total. The Labute approximate surface area is 205 Å². The summed E-state index contributed by atoms with van der Waals surface area (Å²) < 4.78 is 42.7. The number of hydrogen-bond donors (Lipinski definition) is 1. The first-order valence-electron chi connectivity index (χ1n) is 11.2. The number of alkyl halides is 1. The lowest BCUT2D eigenvalue weighted by Gasteiger charge is -2.27. The van der Waals surface area contributed by atoms with E-state index in [1.165, 1.54) is 19.4 Å². The molecule has 0 saturated carbocycles. The van der Waals surface area contributed by atoms with Crippen LogP contribution < -0.4 is 10.1 Å². The summed E-state index contributed by atoms with van der Waals surface area (Å²) in [4.78, 5) is 4.08. The van der Waals surface area contributed by atoms with Crippen molar-refractivity contribution >= 4 is 17.1 Å². The molecule has 0 bridgehead atoms. The van der Waals surface area contributed by atoms with Gasteiger partial charge in [-0.2, -0.15) is 5.10 Å².